The standard InChI is InChI=1S/C21H29NO2/c1-4-6-13-22-15-18-11-12-20(21(14-18)23-5-2)24-16-19-10-8-7-9-17(19)3/h7-12,14,22H,4-6,13,15-16H2,1-3H3. The molecule has 0 fully saturated rings. The van der Waals surface area contributed by atoms with E-state index >= 15 is 0 Å². The summed E-state index contributed by atoms with van der Waals surface area (Å²) in [5.74, 6) is 1.62. The summed E-state index contributed by atoms with van der Waals surface area (Å²) in [6, 6.07) is 14.5. The van der Waals surface area contributed by atoms with E-state index in [1.54, 1.807) is 0 Å². The summed E-state index contributed by atoms with van der Waals surface area (Å²) < 4.78 is 11.8. The number of unbranched alkanes of at least 4 members (excludes halogenated alkanes) is 1. The van der Waals surface area contributed by atoms with Gasteiger partial charge in [0.1, 0.15) is 6.61 Å². The van der Waals surface area contributed by atoms with Gasteiger partial charge in [-0.05, 0) is 55.6 Å². The molecule has 2 rings (SSSR count). The third-order valence-electron chi connectivity index (χ3n) is 3.99. The smallest absolute Gasteiger partial charge is 0.161 e. The van der Waals surface area contributed by atoms with Crippen molar-refractivity contribution in [1.82, 2.24) is 5.32 Å². The van der Waals surface area contributed by atoms with E-state index in [-0.39, 0.29) is 0 Å². The molecule has 3 nitrogen and oxygen atoms in total. The van der Waals surface area contributed by atoms with E-state index in [9.17, 15) is 0 Å². The van der Waals surface area contributed by atoms with E-state index in [0.29, 0.717) is 13.2 Å². The number of aryl methyl sites for hydroxylation is 1. The highest BCUT2D eigenvalue weighted by atomic mass is 16.5. The number of benzene rings is 2. The number of nitrogens with one attached hydrogen (secondary N) is 1. The fraction of sp³-hybridized carbons (Fsp3) is 0.429. The Balaban J connectivity index is 2.01. The fourth-order valence-corrected chi connectivity index (χ4v) is 2.51. The first-order valence-corrected chi connectivity index (χ1v) is 8.88. The van der Waals surface area contributed by atoms with Gasteiger partial charge in [-0.2, -0.15) is 0 Å². The molecule has 2 aromatic rings. The van der Waals surface area contributed by atoms with Gasteiger partial charge in [-0.25, -0.2) is 0 Å². The van der Waals surface area contributed by atoms with Crippen molar-refractivity contribution in [3.8, 4) is 11.5 Å². The van der Waals surface area contributed by atoms with Crippen molar-refractivity contribution in [2.45, 2.75) is 46.8 Å². The van der Waals surface area contributed by atoms with Gasteiger partial charge in [-0.3, -0.25) is 0 Å². The lowest BCUT2D eigenvalue weighted by molar-refractivity contribution is 0.268. The third-order valence-corrected chi connectivity index (χ3v) is 3.99. The summed E-state index contributed by atoms with van der Waals surface area (Å²) in [6.07, 6.45) is 2.42. The molecule has 0 aliphatic carbocycles. The van der Waals surface area contributed by atoms with Crippen LogP contribution in [-0.2, 0) is 13.2 Å². The first-order valence-electron chi connectivity index (χ1n) is 8.88. The maximum absolute atomic E-state index is 6.01. The minimum Gasteiger partial charge on any atom is -0.490 e. The second-order valence-electron chi connectivity index (χ2n) is 5.96. The molecule has 0 aliphatic rings. The molecular weight excluding hydrogens is 298 g/mol. The normalized spacial score (nSPS) is 10.6. The largest absolute Gasteiger partial charge is 0.490 e. The number of ether oxygens (including phenoxy) is 2. The van der Waals surface area contributed by atoms with Gasteiger partial charge in [-0.15, -0.1) is 0 Å². The molecule has 0 heterocycles. The zero-order valence-corrected chi connectivity index (χ0v) is 15.1. The van der Waals surface area contributed by atoms with Gasteiger partial charge in [0.05, 0.1) is 6.61 Å². The number of hydrogen-bond donors (Lipinski definition) is 1. The van der Waals surface area contributed by atoms with Crippen molar-refractivity contribution < 1.29 is 9.47 Å². The predicted octanol–water partition coefficient (Wildman–Crippen LogP) is 4.86. The Morgan fingerprint density at radius 3 is 2.54 bits per heavy atom. The lowest BCUT2D eigenvalue weighted by Gasteiger charge is -2.14. The molecule has 0 saturated carbocycles. The first-order chi connectivity index (χ1) is 11.7. The van der Waals surface area contributed by atoms with Crippen LogP contribution < -0.4 is 14.8 Å². The van der Waals surface area contributed by atoms with E-state index < -0.39 is 0 Å². The Hall–Kier alpha value is -2.00. The summed E-state index contributed by atoms with van der Waals surface area (Å²) in [4.78, 5) is 0. The van der Waals surface area contributed by atoms with Crippen molar-refractivity contribution in [1.29, 1.82) is 0 Å². The summed E-state index contributed by atoms with van der Waals surface area (Å²) in [7, 11) is 0. The zero-order chi connectivity index (χ0) is 17.2. The molecule has 0 radical (unpaired) electrons. The van der Waals surface area contributed by atoms with Crippen molar-refractivity contribution in [2.24, 2.45) is 0 Å². The van der Waals surface area contributed by atoms with Gasteiger partial charge >= 0.3 is 0 Å². The maximum atomic E-state index is 6.01. The van der Waals surface area contributed by atoms with E-state index in [1.165, 1.54) is 29.5 Å². The molecule has 24 heavy (non-hydrogen) atoms. The number of rotatable bonds is 10. The molecule has 0 spiro atoms. The van der Waals surface area contributed by atoms with Crippen LogP contribution in [0.2, 0.25) is 0 Å². The van der Waals surface area contributed by atoms with Crippen LogP contribution in [0.4, 0.5) is 0 Å². The van der Waals surface area contributed by atoms with Crippen LogP contribution in [0.3, 0.4) is 0 Å². The highest BCUT2D eigenvalue weighted by molar-refractivity contribution is 5.43. The van der Waals surface area contributed by atoms with Crippen LogP contribution >= 0.6 is 0 Å². The van der Waals surface area contributed by atoms with E-state index in [2.05, 4.69) is 43.4 Å². The molecule has 0 amide bonds. The van der Waals surface area contributed by atoms with Gasteiger partial charge in [0, 0.05) is 6.54 Å². The molecule has 1 N–H and O–H groups in total. The second-order valence-corrected chi connectivity index (χ2v) is 5.96. The van der Waals surface area contributed by atoms with Crippen LogP contribution in [0, 0.1) is 6.92 Å². The van der Waals surface area contributed by atoms with Crippen molar-refractivity contribution >= 4 is 0 Å². The van der Waals surface area contributed by atoms with Crippen molar-refractivity contribution in [3.63, 3.8) is 0 Å². The number of hydrogen-bond acceptors (Lipinski definition) is 3. The molecule has 0 saturated heterocycles. The van der Waals surface area contributed by atoms with Crippen LogP contribution in [0.25, 0.3) is 0 Å². The van der Waals surface area contributed by atoms with Gasteiger partial charge in [-0.1, -0.05) is 43.7 Å². The van der Waals surface area contributed by atoms with E-state index in [1.807, 2.05) is 25.1 Å². The molecule has 0 unspecified atom stereocenters. The van der Waals surface area contributed by atoms with Crippen molar-refractivity contribution in [2.75, 3.05) is 13.2 Å². The molecule has 3 heteroatoms. The Morgan fingerprint density at radius 1 is 0.958 bits per heavy atom. The van der Waals surface area contributed by atoms with Crippen LogP contribution in [0.15, 0.2) is 42.5 Å². The fourth-order valence-electron chi connectivity index (χ4n) is 2.51. The molecule has 130 valence electrons. The highest BCUT2D eigenvalue weighted by Crippen LogP contribution is 2.29. The summed E-state index contributed by atoms with van der Waals surface area (Å²) in [5.41, 5.74) is 3.66. The lowest BCUT2D eigenvalue weighted by Crippen LogP contribution is -2.14. The van der Waals surface area contributed by atoms with Gasteiger partial charge in [0.15, 0.2) is 11.5 Å². The summed E-state index contributed by atoms with van der Waals surface area (Å²) in [5, 5.41) is 3.46. The van der Waals surface area contributed by atoms with Crippen LogP contribution in [0.5, 0.6) is 11.5 Å². The zero-order valence-electron chi connectivity index (χ0n) is 15.1. The monoisotopic (exact) mass is 327 g/mol. The van der Waals surface area contributed by atoms with E-state index in [4.69, 9.17) is 9.47 Å². The average Bonchev–Trinajstić information content (AvgIpc) is 2.59. The minimum absolute atomic E-state index is 0.556. The van der Waals surface area contributed by atoms with Crippen molar-refractivity contribution in [3.05, 3.63) is 59.2 Å². The lowest BCUT2D eigenvalue weighted by atomic mass is 10.1. The van der Waals surface area contributed by atoms with Crippen LogP contribution in [-0.4, -0.2) is 13.2 Å². The minimum atomic E-state index is 0.556. The van der Waals surface area contributed by atoms with Crippen LogP contribution in [0.1, 0.15) is 43.4 Å². The van der Waals surface area contributed by atoms with E-state index in [0.717, 1.165) is 24.6 Å². The second kappa shape index (κ2) is 9.99. The maximum Gasteiger partial charge on any atom is 0.161 e. The predicted molar refractivity (Wildman–Crippen MR) is 99.7 cm³/mol. The van der Waals surface area contributed by atoms with Gasteiger partial charge in [0.2, 0.25) is 0 Å². The molecule has 0 aliphatic heterocycles. The van der Waals surface area contributed by atoms with Gasteiger partial charge < -0.3 is 14.8 Å². The topological polar surface area (TPSA) is 30.5 Å². The molecule has 0 bridgehead atoms. The summed E-state index contributed by atoms with van der Waals surface area (Å²) in [6.45, 7) is 9.40. The highest BCUT2D eigenvalue weighted by Gasteiger charge is 2.08. The SMILES string of the molecule is CCCCNCc1ccc(OCc2ccccc2C)c(OCC)c1. The van der Waals surface area contributed by atoms with Gasteiger partial charge in [0.25, 0.3) is 0 Å². The quantitative estimate of drug-likeness (QED) is 0.632. The third kappa shape index (κ3) is 5.57. The molecule has 0 aromatic heterocycles. The molecular formula is C21H29NO2. The Morgan fingerprint density at radius 2 is 1.79 bits per heavy atom. The molecule has 2 aromatic carbocycles. The summed E-state index contributed by atoms with van der Waals surface area (Å²) >= 11 is 0. The first kappa shape index (κ1) is 18.3. The Kier molecular flexibility index (Phi) is 7.63. The molecule has 0 atom stereocenters. The Bertz CT molecular complexity index is 625. The average molecular weight is 327 g/mol. The Labute approximate surface area is 146 Å².